The van der Waals surface area contributed by atoms with Crippen molar-refractivity contribution in [1.29, 1.82) is 0 Å². The number of nitrogens with two attached hydrogens (primary N) is 1. The molecule has 1 amide bonds. The quantitative estimate of drug-likeness (QED) is 0.293. The number of amidine groups is 1. The monoisotopic (exact) mass is 255 g/mol. The van der Waals surface area contributed by atoms with Crippen molar-refractivity contribution in [1.82, 2.24) is 5.32 Å². The summed E-state index contributed by atoms with van der Waals surface area (Å²) in [5.41, 5.74) is 4.87. The minimum absolute atomic E-state index is 0.0159. The molecule has 5 heteroatoms. The van der Waals surface area contributed by atoms with E-state index in [1.807, 2.05) is 6.92 Å². The van der Waals surface area contributed by atoms with Crippen LogP contribution >= 0.6 is 0 Å². The second kappa shape index (κ2) is 6.61. The topological polar surface area (TPSA) is 87.7 Å². The number of carbonyl (C=O) groups is 1. The molecule has 5 nitrogen and oxygen atoms in total. The molecule has 4 N–H and O–H groups in total. The van der Waals surface area contributed by atoms with Crippen molar-refractivity contribution in [3.05, 3.63) is 0 Å². The van der Waals surface area contributed by atoms with Crippen LogP contribution in [0.2, 0.25) is 0 Å². The third kappa shape index (κ3) is 3.89. The molecule has 1 fully saturated rings. The molecule has 0 aromatic rings. The molecular weight excluding hydrogens is 230 g/mol. The second-order valence-electron chi connectivity index (χ2n) is 5.41. The van der Waals surface area contributed by atoms with Gasteiger partial charge in [0.2, 0.25) is 5.91 Å². The number of carbonyl (C=O) groups excluding carboxylic acids is 1. The van der Waals surface area contributed by atoms with Crippen molar-refractivity contribution in [2.75, 3.05) is 0 Å². The molecule has 104 valence electrons. The Kier molecular flexibility index (Phi) is 5.44. The molecule has 0 aliphatic heterocycles. The summed E-state index contributed by atoms with van der Waals surface area (Å²) in [7, 11) is 0. The molecule has 0 aromatic heterocycles. The number of amides is 1. The minimum Gasteiger partial charge on any atom is -0.409 e. The SMILES string of the molecule is CCC(C)(NC(=O)CCC1CCCC1)/C(N)=N/O. The van der Waals surface area contributed by atoms with E-state index < -0.39 is 5.54 Å². The average molecular weight is 255 g/mol. The fraction of sp³-hybridized carbons (Fsp3) is 0.846. The van der Waals surface area contributed by atoms with Gasteiger partial charge in [0.05, 0.1) is 5.54 Å². The van der Waals surface area contributed by atoms with Crippen LogP contribution in [-0.2, 0) is 4.79 Å². The summed E-state index contributed by atoms with van der Waals surface area (Å²) in [5, 5.41) is 14.6. The van der Waals surface area contributed by atoms with Gasteiger partial charge in [-0.15, -0.1) is 0 Å². The first kappa shape index (κ1) is 14.8. The number of nitrogens with one attached hydrogen (secondary N) is 1. The van der Waals surface area contributed by atoms with Gasteiger partial charge in [-0.2, -0.15) is 0 Å². The van der Waals surface area contributed by atoms with Gasteiger partial charge in [-0.25, -0.2) is 0 Å². The Balaban J connectivity index is 2.41. The highest BCUT2D eigenvalue weighted by Crippen LogP contribution is 2.28. The van der Waals surface area contributed by atoms with E-state index in [0.717, 1.165) is 6.42 Å². The summed E-state index contributed by atoms with van der Waals surface area (Å²) in [6.45, 7) is 3.67. The third-order valence-corrected chi connectivity index (χ3v) is 4.05. The van der Waals surface area contributed by atoms with Crippen molar-refractivity contribution < 1.29 is 10.0 Å². The highest BCUT2D eigenvalue weighted by atomic mass is 16.4. The molecule has 1 atom stereocenters. The zero-order chi connectivity index (χ0) is 13.6. The Labute approximate surface area is 109 Å². The maximum absolute atomic E-state index is 11.9. The van der Waals surface area contributed by atoms with E-state index in [9.17, 15) is 4.79 Å². The molecule has 0 bridgehead atoms. The summed E-state index contributed by atoms with van der Waals surface area (Å²) >= 11 is 0. The zero-order valence-corrected chi connectivity index (χ0v) is 11.4. The smallest absolute Gasteiger partial charge is 0.220 e. The van der Waals surface area contributed by atoms with Crippen LogP contribution in [-0.4, -0.2) is 22.5 Å². The van der Waals surface area contributed by atoms with Crippen LogP contribution < -0.4 is 11.1 Å². The second-order valence-corrected chi connectivity index (χ2v) is 5.41. The summed E-state index contributed by atoms with van der Waals surface area (Å²) < 4.78 is 0. The van der Waals surface area contributed by atoms with Gasteiger partial charge >= 0.3 is 0 Å². The van der Waals surface area contributed by atoms with E-state index in [0.29, 0.717) is 18.8 Å². The lowest BCUT2D eigenvalue weighted by molar-refractivity contribution is -0.122. The Morgan fingerprint density at radius 3 is 2.61 bits per heavy atom. The van der Waals surface area contributed by atoms with Crippen molar-refractivity contribution in [3.63, 3.8) is 0 Å². The van der Waals surface area contributed by atoms with Gasteiger partial charge in [0.25, 0.3) is 0 Å². The Bertz CT molecular complexity index is 311. The molecule has 0 aromatic carbocycles. The molecule has 1 saturated carbocycles. The largest absolute Gasteiger partial charge is 0.409 e. The predicted molar refractivity (Wildman–Crippen MR) is 71.4 cm³/mol. The van der Waals surface area contributed by atoms with Crippen molar-refractivity contribution >= 4 is 11.7 Å². The van der Waals surface area contributed by atoms with Crippen LogP contribution in [0.3, 0.4) is 0 Å². The summed E-state index contributed by atoms with van der Waals surface area (Å²) in [6, 6.07) is 0. The zero-order valence-electron chi connectivity index (χ0n) is 11.4. The maximum atomic E-state index is 11.9. The molecule has 1 aliphatic rings. The van der Waals surface area contributed by atoms with E-state index in [2.05, 4.69) is 10.5 Å². The van der Waals surface area contributed by atoms with Crippen LogP contribution in [0.5, 0.6) is 0 Å². The molecule has 0 saturated heterocycles. The molecule has 1 rings (SSSR count). The van der Waals surface area contributed by atoms with E-state index in [4.69, 9.17) is 10.9 Å². The lowest BCUT2D eigenvalue weighted by atomic mass is 9.96. The summed E-state index contributed by atoms with van der Waals surface area (Å²) in [6.07, 6.45) is 7.15. The third-order valence-electron chi connectivity index (χ3n) is 4.05. The lowest BCUT2D eigenvalue weighted by Crippen LogP contribution is -2.55. The number of hydrogen-bond donors (Lipinski definition) is 3. The minimum atomic E-state index is -0.749. The van der Waals surface area contributed by atoms with Crippen molar-refractivity contribution in [2.24, 2.45) is 16.8 Å². The first-order valence-corrected chi connectivity index (χ1v) is 6.81. The maximum Gasteiger partial charge on any atom is 0.220 e. The molecule has 0 radical (unpaired) electrons. The number of oxime groups is 1. The molecule has 0 spiro atoms. The Morgan fingerprint density at radius 2 is 2.11 bits per heavy atom. The fourth-order valence-corrected chi connectivity index (χ4v) is 2.45. The number of nitrogens with zero attached hydrogens (tertiary/aromatic N) is 1. The Hall–Kier alpha value is -1.26. The average Bonchev–Trinajstić information content (AvgIpc) is 2.88. The highest BCUT2D eigenvalue weighted by Gasteiger charge is 2.29. The van der Waals surface area contributed by atoms with Gasteiger partial charge in [-0.1, -0.05) is 37.8 Å². The molecule has 0 heterocycles. The summed E-state index contributed by atoms with van der Waals surface area (Å²) in [5.74, 6) is 0.740. The fourth-order valence-electron chi connectivity index (χ4n) is 2.45. The van der Waals surface area contributed by atoms with Crippen LogP contribution in [0.15, 0.2) is 5.16 Å². The van der Waals surface area contributed by atoms with Crippen molar-refractivity contribution in [3.8, 4) is 0 Å². The molecule has 1 aliphatic carbocycles. The van der Waals surface area contributed by atoms with Gasteiger partial charge in [-0.05, 0) is 25.7 Å². The lowest BCUT2D eigenvalue weighted by Gasteiger charge is -2.28. The van der Waals surface area contributed by atoms with Gasteiger partial charge in [0, 0.05) is 6.42 Å². The standard InChI is InChI=1S/C13H25N3O2/c1-3-13(2,12(14)16-18)15-11(17)9-8-10-6-4-5-7-10/h10,18H,3-9H2,1-2H3,(H2,14,16)(H,15,17). The van der Waals surface area contributed by atoms with Crippen LogP contribution in [0.25, 0.3) is 0 Å². The molecule has 18 heavy (non-hydrogen) atoms. The number of hydrogen-bond acceptors (Lipinski definition) is 3. The van der Waals surface area contributed by atoms with E-state index >= 15 is 0 Å². The molecule has 1 unspecified atom stereocenters. The van der Waals surface area contributed by atoms with E-state index in [1.165, 1.54) is 25.7 Å². The van der Waals surface area contributed by atoms with E-state index in [-0.39, 0.29) is 11.7 Å². The predicted octanol–water partition coefficient (Wildman–Crippen LogP) is 1.99. The summed E-state index contributed by atoms with van der Waals surface area (Å²) in [4.78, 5) is 11.9. The van der Waals surface area contributed by atoms with Crippen LogP contribution in [0.4, 0.5) is 0 Å². The molecular formula is C13H25N3O2. The normalized spacial score (nSPS) is 20.7. The van der Waals surface area contributed by atoms with E-state index in [1.54, 1.807) is 6.92 Å². The van der Waals surface area contributed by atoms with Gasteiger partial charge in [0.1, 0.15) is 0 Å². The van der Waals surface area contributed by atoms with Gasteiger partial charge in [0.15, 0.2) is 5.84 Å². The first-order chi connectivity index (χ1) is 8.51. The van der Waals surface area contributed by atoms with Crippen molar-refractivity contribution in [2.45, 2.75) is 64.3 Å². The first-order valence-electron chi connectivity index (χ1n) is 6.81. The number of rotatable bonds is 6. The van der Waals surface area contributed by atoms with Gasteiger partial charge < -0.3 is 16.3 Å². The highest BCUT2D eigenvalue weighted by molar-refractivity contribution is 5.93. The van der Waals surface area contributed by atoms with Crippen LogP contribution in [0, 0.1) is 5.92 Å². The van der Waals surface area contributed by atoms with Crippen LogP contribution in [0.1, 0.15) is 58.8 Å². The Morgan fingerprint density at radius 1 is 1.50 bits per heavy atom. The van der Waals surface area contributed by atoms with Gasteiger partial charge in [-0.3, -0.25) is 4.79 Å².